The van der Waals surface area contributed by atoms with E-state index in [-0.39, 0.29) is 11.6 Å². The molecule has 0 saturated heterocycles. The molecule has 0 aliphatic rings. The van der Waals surface area contributed by atoms with E-state index in [2.05, 4.69) is 20.6 Å². The Labute approximate surface area is 171 Å². The molecule has 8 nitrogen and oxygen atoms in total. The first-order valence-corrected chi connectivity index (χ1v) is 9.18. The summed E-state index contributed by atoms with van der Waals surface area (Å²) in [6, 6.07) is 17.1. The van der Waals surface area contributed by atoms with E-state index in [1.54, 1.807) is 61.1 Å². The Balaban J connectivity index is 1.46. The number of nitro groups is 1. The van der Waals surface area contributed by atoms with Crippen molar-refractivity contribution in [2.24, 2.45) is 0 Å². The zero-order valence-corrected chi connectivity index (χ0v) is 15.8. The van der Waals surface area contributed by atoms with E-state index < -0.39 is 4.92 Å². The summed E-state index contributed by atoms with van der Waals surface area (Å²) in [5.74, 6) is -0.203. The van der Waals surface area contributed by atoms with E-state index in [1.165, 1.54) is 6.07 Å². The SMILES string of the molecule is O=C(Nc1ccncc1)c1ccc(CNc2ccc([N+](=O)[O-])c3cccnc23)cc1. The molecular weight excluding hydrogens is 382 g/mol. The van der Waals surface area contributed by atoms with Gasteiger partial charge in [-0.25, -0.2) is 0 Å². The third-order valence-electron chi connectivity index (χ3n) is 4.58. The second-order valence-corrected chi connectivity index (χ2v) is 6.53. The van der Waals surface area contributed by atoms with Gasteiger partial charge in [-0.3, -0.25) is 24.9 Å². The minimum atomic E-state index is -0.413. The smallest absolute Gasteiger partial charge is 0.278 e. The minimum Gasteiger partial charge on any atom is -0.379 e. The molecular formula is C22H17N5O3. The molecule has 0 atom stereocenters. The Hall–Kier alpha value is -4.33. The van der Waals surface area contributed by atoms with Crippen LogP contribution in [0, 0.1) is 10.1 Å². The van der Waals surface area contributed by atoms with Crippen LogP contribution in [-0.4, -0.2) is 20.8 Å². The number of nitrogens with zero attached hydrogens (tertiary/aromatic N) is 3. The Kier molecular flexibility index (Phi) is 5.29. The van der Waals surface area contributed by atoms with Gasteiger partial charge in [-0.15, -0.1) is 0 Å². The lowest BCUT2D eigenvalue weighted by atomic mass is 10.1. The van der Waals surface area contributed by atoms with Gasteiger partial charge in [0.25, 0.3) is 11.6 Å². The van der Waals surface area contributed by atoms with Crippen LogP contribution in [0.5, 0.6) is 0 Å². The van der Waals surface area contributed by atoms with Gasteiger partial charge < -0.3 is 10.6 Å². The number of nitrogens with one attached hydrogen (secondary N) is 2. The monoisotopic (exact) mass is 399 g/mol. The number of amides is 1. The van der Waals surface area contributed by atoms with Crippen molar-refractivity contribution in [3.05, 3.63) is 100 Å². The lowest BCUT2D eigenvalue weighted by Crippen LogP contribution is -2.12. The maximum atomic E-state index is 12.3. The quantitative estimate of drug-likeness (QED) is 0.367. The summed E-state index contributed by atoms with van der Waals surface area (Å²) in [6.07, 6.45) is 4.83. The highest BCUT2D eigenvalue weighted by Gasteiger charge is 2.14. The first-order chi connectivity index (χ1) is 14.6. The van der Waals surface area contributed by atoms with Gasteiger partial charge in [0.05, 0.1) is 16.0 Å². The summed E-state index contributed by atoms with van der Waals surface area (Å²) < 4.78 is 0. The second kappa shape index (κ2) is 8.36. The lowest BCUT2D eigenvalue weighted by Gasteiger charge is -2.10. The zero-order chi connectivity index (χ0) is 20.9. The van der Waals surface area contributed by atoms with E-state index in [4.69, 9.17) is 0 Å². The van der Waals surface area contributed by atoms with Crippen LogP contribution in [0.1, 0.15) is 15.9 Å². The molecule has 0 fully saturated rings. The Morgan fingerprint density at radius 2 is 1.73 bits per heavy atom. The number of hydrogen-bond donors (Lipinski definition) is 2. The molecule has 2 aromatic heterocycles. The topological polar surface area (TPSA) is 110 Å². The fourth-order valence-corrected chi connectivity index (χ4v) is 3.07. The molecule has 0 aliphatic heterocycles. The molecule has 30 heavy (non-hydrogen) atoms. The third-order valence-corrected chi connectivity index (χ3v) is 4.58. The van der Waals surface area contributed by atoms with E-state index in [0.29, 0.717) is 34.4 Å². The van der Waals surface area contributed by atoms with Crippen LogP contribution in [0.4, 0.5) is 17.1 Å². The highest BCUT2D eigenvalue weighted by atomic mass is 16.6. The largest absolute Gasteiger partial charge is 0.379 e. The molecule has 0 aliphatic carbocycles. The van der Waals surface area contributed by atoms with Crippen molar-refractivity contribution in [2.75, 3.05) is 10.6 Å². The Morgan fingerprint density at radius 3 is 2.47 bits per heavy atom. The average molecular weight is 399 g/mol. The van der Waals surface area contributed by atoms with Gasteiger partial charge in [-0.2, -0.15) is 0 Å². The number of anilines is 2. The molecule has 2 N–H and O–H groups in total. The highest BCUT2D eigenvalue weighted by Crippen LogP contribution is 2.30. The summed E-state index contributed by atoms with van der Waals surface area (Å²) in [5, 5.41) is 17.8. The molecule has 1 amide bonds. The number of carbonyl (C=O) groups excluding carboxylic acids is 1. The molecule has 0 radical (unpaired) electrons. The number of non-ortho nitro benzene ring substituents is 1. The maximum Gasteiger partial charge on any atom is 0.278 e. The van der Waals surface area contributed by atoms with Crippen molar-refractivity contribution in [3.8, 4) is 0 Å². The first kappa shape index (κ1) is 19.0. The van der Waals surface area contributed by atoms with Crippen molar-refractivity contribution in [1.82, 2.24) is 9.97 Å². The average Bonchev–Trinajstić information content (AvgIpc) is 2.78. The van der Waals surface area contributed by atoms with Crippen LogP contribution in [0.2, 0.25) is 0 Å². The van der Waals surface area contributed by atoms with Crippen molar-refractivity contribution >= 4 is 33.9 Å². The van der Waals surface area contributed by atoms with E-state index in [0.717, 1.165) is 5.56 Å². The van der Waals surface area contributed by atoms with Gasteiger partial charge in [-0.1, -0.05) is 12.1 Å². The van der Waals surface area contributed by atoms with Gasteiger partial charge in [0.1, 0.15) is 5.52 Å². The van der Waals surface area contributed by atoms with Crippen LogP contribution in [0.15, 0.2) is 79.3 Å². The molecule has 0 unspecified atom stereocenters. The molecule has 8 heteroatoms. The lowest BCUT2D eigenvalue weighted by molar-refractivity contribution is -0.383. The van der Waals surface area contributed by atoms with Crippen LogP contribution >= 0.6 is 0 Å². The van der Waals surface area contributed by atoms with Gasteiger partial charge in [0.15, 0.2) is 0 Å². The molecule has 2 aromatic carbocycles. The number of carbonyl (C=O) groups is 1. The summed E-state index contributed by atoms with van der Waals surface area (Å²) in [7, 11) is 0. The fourth-order valence-electron chi connectivity index (χ4n) is 3.07. The number of hydrogen-bond acceptors (Lipinski definition) is 6. The van der Waals surface area contributed by atoms with Gasteiger partial charge in [-0.05, 0) is 48.0 Å². The van der Waals surface area contributed by atoms with E-state index in [9.17, 15) is 14.9 Å². The van der Waals surface area contributed by atoms with Crippen LogP contribution in [0.25, 0.3) is 10.9 Å². The first-order valence-electron chi connectivity index (χ1n) is 9.18. The highest BCUT2D eigenvalue weighted by molar-refractivity contribution is 6.04. The minimum absolute atomic E-state index is 0.0215. The molecule has 4 aromatic rings. The number of fused-ring (bicyclic) bond motifs is 1. The molecule has 2 heterocycles. The molecule has 0 bridgehead atoms. The van der Waals surface area contributed by atoms with Crippen molar-refractivity contribution in [3.63, 3.8) is 0 Å². The summed E-state index contributed by atoms with van der Waals surface area (Å²) in [5.41, 5.74) is 3.44. The number of pyridine rings is 2. The van der Waals surface area contributed by atoms with Crippen molar-refractivity contribution < 1.29 is 9.72 Å². The standard InChI is InChI=1S/C22H17N5O3/c28-22(26-17-9-12-23-13-10-17)16-5-3-15(4-6-16)14-25-19-7-8-20(27(29)30)18-2-1-11-24-21(18)19/h1-13,25H,14H2,(H,23,26,28). The van der Waals surface area contributed by atoms with E-state index >= 15 is 0 Å². The summed E-state index contributed by atoms with van der Waals surface area (Å²) in [6.45, 7) is 0.482. The number of aromatic nitrogens is 2. The predicted octanol–water partition coefficient (Wildman–Crippen LogP) is 4.40. The Bertz CT molecular complexity index is 1210. The third kappa shape index (κ3) is 4.07. The maximum absolute atomic E-state index is 12.3. The molecule has 148 valence electrons. The number of benzene rings is 2. The van der Waals surface area contributed by atoms with Crippen LogP contribution < -0.4 is 10.6 Å². The molecule has 0 saturated carbocycles. The van der Waals surface area contributed by atoms with Crippen LogP contribution in [0.3, 0.4) is 0 Å². The zero-order valence-electron chi connectivity index (χ0n) is 15.8. The molecule has 0 spiro atoms. The van der Waals surface area contributed by atoms with Gasteiger partial charge >= 0.3 is 0 Å². The van der Waals surface area contributed by atoms with Gasteiger partial charge in [0, 0.05) is 42.5 Å². The number of nitro benzene ring substituents is 1. The van der Waals surface area contributed by atoms with Crippen molar-refractivity contribution in [1.29, 1.82) is 0 Å². The van der Waals surface area contributed by atoms with Crippen LogP contribution in [-0.2, 0) is 6.54 Å². The number of rotatable bonds is 6. The predicted molar refractivity (Wildman–Crippen MR) is 114 cm³/mol. The van der Waals surface area contributed by atoms with Crippen molar-refractivity contribution in [2.45, 2.75) is 6.54 Å². The molecule has 4 rings (SSSR count). The summed E-state index contributed by atoms with van der Waals surface area (Å²) in [4.78, 5) is 31.4. The van der Waals surface area contributed by atoms with E-state index in [1.807, 2.05) is 12.1 Å². The Morgan fingerprint density at radius 1 is 0.967 bits per heavy atom. The second-order valence-electron chi connectivity index (χ2n) is 6.53. The van der Waals surface area contributed by atoms with Gasteiger partial charge in [0.2, 0.25) is 0 Å². The summed E-state index contributed by atoms with van der Waals surface area (Å²) >= 11 is 0. The fraction of sp³-hybridized carbons (Fsp3) is 0.0455. The normalized spacial score (nSPS) is 10.5.